The lowest BCUT2D eigenvalue weighted by molar-refractivity contribution is -0.137. The Kier molecular flexibility index (Phi) is 5.86. The molecule has 2 fully saturated rings. The molecule has 1 saturated heterocycles. The number of alkyl halides is 3. The maximum absolute atomic E-state index is 13.8. The average Bonchev–Trinajstić information content (AvgIpc) is 3.33. The molecule has 3 aromatic rings. The number of nitrogens with one attached hydrogen (secondary N) is 1. The molecule has 182 valence electrons. The number of aryl methyl sites for hydroxylation is 1. The zero-order chi connectivity index (χ0) is 24.9. The molecule has 2 aromatic carbocycles. The minimum atomic E-state index is -4.54. The van der Waals surface area contributed by atoms with Crippen LogP contribution in [0.3, 0.4) is 0 Å². The number of benzene rings is 2. The molecule has 1 aliphatic heterocycles. The first-order valence-corrected chi connectivity index (χ1v) is 11.9. The van der Waals surface area contributed by atoms with E-state index in [-0.39, 0.29) is 35.7 Å². The Balaban J connectivity index is 1.34. The summed E-state index contributed by atoms with van der Waals surface area (Å²) in [5.74, 6) is -0.786. The highest BCUT2D eigenvalue weighted by Gasteiger charge is 2.54. The molecule has 5 rings (SSSR count). The van der Waals surface area contributed by atoms with Crippen molar-refractivity contribution in [1.82, 2.24) is 15.2 Å². The van der Waals surface area contributed by atoms with E-state index in [0.717, 1.165) is 18.6 Å². The summed E-state index contributed by atoms with van der Waals surface area (Å²) < 4.78 is 52.8. The second kappa shape index (κ2) is 8.75. The Bertz CT molecular complexity index is 1310. The van der Waals surface area contributed by atoms with Gasteiger partial charge in [-0.05, 0) is 61.1 Å². The Morgan fingerprint density at radius 3 is 2.69 bits per heavy atom. The fourth-order valence-electron chi connectivity index (χ4n) is 4.74. The van der Waals surface area contributed by atoms with Crippen molar-refractivity contribution in [2.75, 3.05) is 13.1 Å². The molecular weight excluding hydrogens is 482 g/mol. The summed E-state index contributed by atoms with van der Waals surface area (Å²) >= 11 is 1.31. The van der Waals surface area contributed by atoms with Gasteiger partial charge in [0.2, 0.25) is 0 Å². The van der Waals surface area contributed by atoms with Crippen molar-refractivity contribution >= 4 is 23.2 Å². The summed E-state index contributed by atoms with van der Waals surface area (Å²) in [5.41, 5.74) is -0.174. The van der Waals surface area contributed by atoms with Gasteiger partial charge in [0.1, 0.15) is 11.5 Å². The van der Waals surface area contributed by atoms with Crippen molar-refractivity contribution in [3.8, 4) is 10.4 Å². The number of rotatable bonds is 5. The highest BCUT2D eigenvalue weighted by atomic mass is 32.1. The number of aromatic nitrogens is 1. The molecule has 35 heavy (non-hydrogen) atoms. The van der Waals surface area contributed by atoms with E-state index in [1.165, 1.54) is 35.6 Å². The number of carbonyl (C=O) groups excluding carboxylic acids is 2. The van der Waals surface area contributed by atoms with Gasteiger partial charge < -0.3 is 10.2 Å². The number of piperidine rings is 1. The zero-order valence-electron chi connectivity index (χ0n) is 18.6. The minimum absolute atomic E-state index is 0.0911. The SMILES string of the molecule is Cc1nc(C(=O)N2C[C@H]3C[C@H]3[C@H]2CNC(=O)c2cccc(C(F)(F)F)c2)c(-c2cccc(F)c2)s1. The van der Waals surface area contributed by atoms with Crippen LogP contribution in [0.15, 0.2) is 48.5 Å². The number of halogens is 4. The maximum Gasteiger partial charge on any atom is 0.416 e. The molecule has 2 amide bonds. The van der Waals surface area contributed by atoms with Crippen LogP contribution in [0.1, 0.15) is 37.8 Å². The molecule has 2 heterocycles. The van der Waals surface area contributed by atoms with E-state index in [9.17, 15) is 27.2 Å². The molecule has 0 bridgehead atoms. The fraction of sp³-hybridized carbons (Fsp3) is 0.320. The van der Waals surface area contributed by atoms with Crippen LogP contribution in [0.25, 0.3) is 10.4 Å². The maximum atomic E-state index is 13.8. The topological polar surface area (TPSA) is 62.3 Å². The van der Waals surface area contributed by atoms with E-state index in [1.807, 2.05) is 0 Å². The van der Waals surface area contributed by atoms with Crippen molar-refractivity contribution in [3.63, 3.8) is 0 Å². The standard InChI is InChI=1S/C25H21F4N3O2S/c1-13-31-21(22(35-13)14-4-3-7-18(26)9-14)24(34)32-12-16-10-19(16)20(32)11-30-23(33)15-5-2-6-17(8-15)25(27,28)29/h2-9,16,19-20H,10-12H2,1H3,(H,30,33)/t16-,19-,20-/m1/s1. The Morgan fingerprint density at radius 2 is 1.94 bits per heavy atom. The summed E-state index contributed by atoms with van der Waals surface area (Å²) in [6.07, 6.45) is -3.61. The third kappa shape index (κ3) is 4.67. The van der Waals surface area contributed by atoms with E-state index in [4.69, 9.17) is 0 Å². The number of amides is 2. The lowest BCUT2D eigenvalue weighted by atomic mass is 10.1. The number of carbonyl (C=O) groups is 2. The molecule has 1 aromatic heterocycles. The lowest BCUT2D eigenvalue weighted by Gasteiger charge is -2.27. The molecule has 0 unspecified atom stereocenters. The van der Waals surface area contributed by atoms with Gasteiger partial charge in [0.25, 0.3) is 11.8 Å². The molecule has 1 aliphatic carbocycles. The van der Waals surface area contributed by atoms with Gasteiger partial charge in [-0.2, -0.15) is 13.2 Å². The molecule has 10 heteroatoms. The van der Waals surface area contributed by atoms with Crippen LogP contribution < -0.4 is 5.32 Å². The highest BCUT2D eigenvalue weighted by molar-refractivity contribution is 7.15. The molecular formula is C25H21F4N3O2S. The Labute approximate surface area is 202 Å². The molecule has 0 radical (unpaired) electrons. The summed E-state index contributed by atoms with van der Waals surface area (Å²) in [6, 6.07) is 9.94. The van der Waals surface area contributed by atoms with Crippen LogP contribution in [-0.4, -0.2) is 40.8 Å². The van der Waals surface area contributed by atoms with Gasteiger partial charge in [0, 0.05) is 18.7 Å². The van der Waals surface area contributed by atoms with Crippen LogP contribution in [0, 0.1) is 24.6 Å². The minimum Gasteiger partial charge on any atom is -0.350 e. The predicted molar refractivity (Wildman–Crippen MR) is 122 cm³/mol. The van der Waals surface area contributed by atoms with Crippen molar-refractivity contribution in [2.45, 2.75) is 25.6 Å². The van der Waals surface area contributed by atoms with E-state index >= 15 is 0 Å². The number of hydrogen-bond acceptors (Lipinski definition) is 4. The lowest BCUT2D eigenvalue weighted by Crippen LogP contribution is -2.45. The number of likely N-dealkylation sites (tertiary alicyclic amines) is 1. The molecule has 1 saturated carbocycles. The second-order valence-corrected chi connectivity index (χ2v) is 10.1. The van der Waals surface area contributed by atoms with Crippen LogP contribution in [0.4, 0.5) is 17.6 Å². The van der Waals surface area contributed by atoms with Gasteiger partial charge in [-0.25, -0.2) is 9.37 Å². The fourth-order valence-corrected chi connectivity index (χ4v) is 5.64. The van der Waals surface area contributed by atoms with Gasteiger partial charge in [-0.3, -0.25) is 9.59 Å². The smallest absolute Gasteiger partial charge is 0.350 e. The van der Waals surface area contributed by atoms with Crippen LogP contribution in [0.5, 0.6) is 0 Å². The third-order valence-electron chi connectivity index (χ3n) is 6.51. The van der Waals surface area contributed by atoms with Crippen LogP contribution in [0.2, 0.25) is 0 Å². The average molecular weight is 504 g/mol. The van der Waals surface area contributed by atoms with Crippen LogP contribution >= 0.6 is 11.3 Å². The zero-order valence-corrected chi connectivity index (χ0v) is 19.4. The summed E-state index contributed by atoms with van der Waals surface area (Å²) in [4.78, 5) is 32.8. The van der Waals surface area contributed by atoms with Crippen molar-refractivity contribution < 1.29 is 27.2 Å². The third-order valence-corrected chi connectivity index (χ3v) is 7.53. The normalized spacial score (nSPS) is 21.1. The molecule has 0 spiro atoms. The molecule has 5 nitrogen and oxygen atoms in total. The van der Waals surface area contributed by atoms with Gasteiger partial charge in [0.05, 0.1) is 21.5 Å². The summed E-state index contributed by atoms with van der Waals surface area (Å²) in [6.45, 7) is 2.42. The van der Waals surface area contributed by atoms with Crippen molar-refractivity contribution in [2.24, 2.45) is 11.8 Å². The number of nitrogens with zero attached hydrogens (tertiary/aromatic N) is 2. The molecule has 2 aliphatic rings. The van der Waals surface area contributed by atoms with Crippen LogP contribution in [-0.2, 0) is 6.18 Å². The van der Waals surface area contributed by atoms with Gasteiger partial charge in [0.15, 0.2) is 0 Å². The first-order valence-electron chi connectivity index (χ1n) is 11.1. The Morgan fingerprint density at radius 1 is 1.17 bits per heavy atom. The second-order valence-electron chi connectivity index (χ2n) is 8.89. The Hall–Kier alpha value is -3.27. The van der Waals surface area contributed by atoms with Crippen molar-refractivity contribution in [1.29, 1.82) is 0 Å². The summed E-state index contributed by atoms with van der Waals surface area (Å²) in [5, 5.41) is 3.38. The first kappa shape index (κ1) is 23.5. The number of thiazole rings is 1. The van der Waals surface area contributed by atoms with E-state index in [0.29, 0.717) is 27.9 Å². The highest BCUT2D eigenvalue weighted by Crippen LogP contribution is 2.50. The quantitative estimate of drug-likeness (QED) is 0.489. The van der Waals surface area contributed by atoms with E-state index in [2.05, 4.69) is 10.3 Å². The predicted octanol–water partition coefficient (Wildman–Crippen LogP) is 5.17. The van der Waals surface area contributed by atoms with E-state index in [1.54, 1.807) is 24.0 Å². The van der Waals surface area contributed by atoms with Gasteiger partial charge in [-0.1, -0.05) is 18.2 Å². The van der Waals surface area contributed by atoms with E-state index < -0.39 is 23.5 Å². The van der Waals surface area contributed by atoms with Gasteiger partial charge >= 0.3 is 6.18 Å². The number of fused-ring (bicyclic) bond motifs is 1. The van der Waals surface area contributed by atoms with Crippen molar-refractivity contribution in [3.05, 3.63) is 76.2 Å². The summed E-state index contributed by atoms with van der Waals surface area (Å²) in [7, 11) is 0. The number of hydrogen-bond donors (Lipinski definition) is 1. The monoisotopic (exact) mass is 503 g/mol. The largest absolute Gasteiger partial charge is 0.416 e. The molecule has 3 atom stereocenters. The molecule has 1 N–H and O–H groups in total. The first-order chi connectivity index (χ1) is 16.6. The van der Waals surface area contributed by atoms with Gasteiger partial charge in [-0.15, -0.1) is 11.3 Å².